The topological polar surface area (TPSA) is 67.9 Å². The first kappa shape index (κ1) is 17.8. The summed E-state index contributed by atoms with van der Waals surface area (Å²) in [4.78, 5) is 0. The molecule has 0 unspecified atom stereocenters. The highest BCUT2D eigenvalue weighted by atomic mass is 32.2. The van der Waals surface area contributed by atoms with Crippen LogP contribution in [0.4, 0.5) is 0 Å². The number of rotatable bonds is 10. The third kappa shape index (κ3) is 6.49. The van der Waals surface area contributed by atoms with E-state index in [4.69, 9.17) is 9.47 Å². The number of nitrogens with zero attached hydrogens (tertiary/aromatic N) is 1. The van der Waals surface area contributed by atoms with Gasteiger partial charge < -0.3 is 14.8 Å². The summed E-state index contributed by atoms with van der Waals surface area (Å²) >= 11 is 0. The lowest BCUT2D eigenvalue weighted by atomic mass is 10.0. The smallest absolute Gasteiger partial charge is 0.214 e. The number of nitrogens with one attached hydrogen (secondary N) is 1. The molecule has 1 rings (SSSR count). The summed E-state index contributed by atoms with van der Waals surface area (Å²) in [5.41, 5.74) is 0. The Bertz CT molecular complexity index is 342. The standard InChI is InChI=1S/C13H28N2O4S/c1-18-10-3-8-15(9-11-19-2)20(16,17)12-13-4-6-14-7-5-13/h13-14H,3-12H2,1-2H3. The Morgan fingerprint density at radius 2 is 1.75 bits per heavy atom. The fraction of sp³-hybridized carbons (Fsp3) is 1.00. The van der Waals surface area contributed by atoms with Gasteiger partial charge in [-0.1, -0.05) is 0 Å². The first-order valence-corrected chi connectivity index (χ1v) is 8.87. The minimum absolute atomic E-state index is 0.255. The molecule has 0 bridgehead atoms. The molecule has 0 amide bonds. The zero-order valence-electron chi connectivity index (χ0n) is 12.6. The minimum atomic E-state index is -3.20. The molecule has 1 heterocycles. The lowest BCUT2D eigenvalue weighted by Crippen LogP contribution is -2.40. The van der Waals surface area contributed by atoms with Crippen LogP contribution in [0.2, 0.25) is 0 Å². The summed E-state index contributed by atoms with van der Waals surface area (Å²) < 4.78 is 36.6. The normalized spacial score (nSPS) is 17.8. The van der Waals surface area contributed by atoms with Gasteiger partial charge in [0, 0.05) is 33.9 Å². The van der Waals surface area contributed by atoms with E-state index < -0.39 is 10.0 Å². The van der Waals surface area contributed by atoms with Crippen LogP contribution in [-0.2, 0) is 19.5 Å². The molecule has 0 aromatic rings. The average Bonchev–Trinajstić information content (AvgIpc) is 2.43. The van der Waals surface area contributed by atoms with Gasteiger partial charge >= 0.3 is 0 Å². The van der Waals surface area contributed by atoms with Crippen molar-refractivity contribution >= 4 is 10.0 Å². The van der Waals surface area contributed by atoms with Crippen LogP contribution in [0, 0.1) is 5.92 Å². The SMILES string of the molecule is COCCCN(CCOC)S(=O)(=O)CC1CCNCC1. The van der Waals surface area contributed by atoms with E-state index in [1.165, 1.54) is 0 Å². The third-order valence-electron chi connectivity index (χ3n) is 3.60. The van der Waals surface area contributed by atoms with Gasteiger partial charge in [-0.25, -0.2) is 8.42 Å². The number of sulfonamides is 1. The van der Waals surface area contributed by atoms with Gasteiger partial charge in [-0.2, -0.15) is 4.31 Å². The predicted molar refractivity (Wildman–Crippen MR) is 79.3 cm³/mol. The van der Waals surface area contributed by atoms with Crippen LogP contribution in [-0.4, -0.2) is 72.1 Å². The highest BCUT2D eigenvalue weighted by Gasteiger charge is 2.26. The van der Waals surface area contributed by atoms with E-state index in [2.05, 4.69) is 5.32 Å². The largest absolute Gasteiger partial charge is 0.385 e. The lowest BCUT2D eigenvalue weighted by Gasteiger charge is -2.27. The van der Waals surface area contributed by atoms with Gasteiger partial charge in [-0.15, -0.1) is 0 Å². The fourth-order valence-electron chi connectivity index (χ4n) is 2.42. The maximum atomic E-state index is 12.5. The van der Waals surface area contributed by atoms with E-state index in [9.17, 15) is 8.42 Å². The van der Waals surface area contributed by atoms with Gasteiger partial charge in [0.2, 0.25) is 10.0 Å². The first-order chi connectivity index (χ1) is 9.60. The molecule has 0 aliphatic carbocycles. The molecule has 0 aromatic carbocycles. The van der Waals surface area contributed by atoms with Crippen LogP contribution in [0.5, 0.6) is 0 Å². The summed E-state index contributed by atoms with van der Waals surface area (Å²) in [5, 5.41) is 3.26. The highest BCUT2D eigenvalue weighted by Crippen LogP contribution is 2.17. The number of methoxy groups -OCH3 is 2. The monoisotopic (exact) mass is 308 g/mol. The van der Waals surface area contributed by atoms with E-state index in [1.807, 2.05) is 0 Å². The molecule has 0 aromatic heterocycles. The molecule has 20 heavy (non-hydrogen) atoms. The molecule has 0 saturated carbocycles. The van der Waals surface area contributed by atoms with Crippen molar-refractivity contribution in [3.05, 3.63) is 0 Å². The van der Waals surface area contributed by atoms with Gasteiger partial charge in [0.1, 0.15) is 0 Å². The van der Waals surface area contributed by atoms with Crippen molar-refractivity contribution < 1.29 is 17.9 Å². The number of ether oxygens (including phenoxy) is 2. The van der Waals surface area contributed by atoms with Gasteiger partial charge in [-0.05, 0) is 38.3 Å². The van der Waals surface area contributed by atoms with Gasteiger partial charge in [0.25, 0.3) is 0 Å². The molecule has 1 saturated heterocycles. The van der Waals surface area contributed by atoms with Crippen molar-refractivity contribution in [3.63, 3.8) is 0 Å². The average molecular weight is 308 g/mol. The molecule has 6 nitrogen and oxygen atoms in total. The predicted octanol–water partition coefficient (Wildman–Crippen LogP) is 0.301. The molecule has 0 spiro atoms. The summed E-state index contributed by atoms with van der Waals surface area (Å²) in [5.74, 6) is 0.527. The van der Waals surface area contributed by atoms with E-state index in [0.29, 0.717) is 32.7 Å². The Morgan fingerprint density at radius 3 is 2.35 bits per heavy atom. The number of hydrogen-bond acceptors (Lipinski definition) is 5. The van der Waals surface area contributed by atoms with Gasteiger partial charge in [0.05, 0.1) is 12.4 Å². The number of piperidine rings is 1. The highest BCUT2D eigenvalue weighted by molar-refractivity contribution is 7.89. The van der Waals surface area contributed by atoms with Crippen molar-refractivity contribution in [2.75, 3.05) is 59.4 Å². The molecule has 1 fully saturated rings. The molecule has 1 N–H and O–H groups in total. The van der Waals surface area contributed by atoms with Gasteiger partial charge in [0.15, 0.2) is 0 Å². The Morgan fingerprint density at radius 1 is 1.10 bits per heavy atom. The Hall–Kier alpha value is -0.210. The zero-order chi connectivity index (χ0) is 14.8. The van der Waals surface area contributed by atoms with Crippen molar-refractivity contribution in [3.8, 4) is 0 Å². The van der Waals surface area contributed by atoms with Crippen molar-refractivity contribution in [1.29, 1.82) is 0 Å². The Kier molecular flexibility index (Phi) is 8.63. The van der Waals surface area contributed by atoms with Crippen LogP contribution in [0.15, 0.2) is 0 Å². The van der Waals surface area contributed by atoms with Crippen LogP contribution in [0.3, 0.4) is 0 Å². The van der Waals surface area contributed by atoms with E-state index >= 15 is 0 Å². The molecule has 120 valence electrons. The van der Waals surface area contributed by atoms with Gasteiger partial charge in [-0.3, -0.25) is 0 Å². The summed E-state index contributed by atoms with van der Waals surface area (Å²) in [6, 6.07) is 0. The maximum absolute atomic E-state index is 12.5. The number of hydrogen-bond donors (Lipinski definition) is 1. The van der Waals surface area contributed by atoms with E-state index in [-0.39, 0.29) is 11.7 Å². The molecule has 0 radical (unpaired) electrons. The Balaban J connectivity index is 2.54. The quantitative estimate of drug-likeness (QED) is 0.588. The summed E-state index contributed by atoms with van der Waals surface area (Å²) in [6.07, 6.45) is 2.59. The lowest BCUT2D eigenvalue weighted by molar-refractivity contribution is 0.164. The molecular formula is C13H28N2O4S. The van der Waals surface area contributed by atoms with Crippen LogP contribution in [0.25, 0.3) is 0 Å². The molecular weight excluding hydrogens is 280 g/mol. The summed E-state index contributed by atoms with van der Waals surface area (Å²) in [6.45, 7) is 3.77. The Labute approximate surface area is 122 Å². The second kappa shape index (κ2) is 9.68. The first-order valence-electron chi connectivity index (χ1n) is 7.26. The van der Waals surface area contributed by atoms with E-state index in [0.717, 1.165) is 25.9 Å². The van der Waals surface area contributed by atoms with Crippen molar-refractivity contribution in [2.45, 2.75) is 19.3 Å². The third-order valence-corrected chi connectivity index (χ3v) is 5.64. The maximum Gasteiger partial charge on any atom is 0.214 e. The van der Waals surface area contributed by atoms with Crippen molar-refractivity contribution in [2.24, 2.45) is 5.92 Å². The molecule has 0 atom stereocenters. The van der Waals surface area contributed by atoms with E-state index in [1.54, 1.807) is 18.5 Å². The second-order valence-electron chi connectivity index (χ2n) is 5.21. The minimum Gasteiger partial charge on any atom is -0.385 e. The van der Waals surface area contributed by atoms with Crippen LogP contribution >= 0.6 is 0 Å². The molecule has 1 aliphatic heterocycles. The molecule has 7 heteroatoms. The van der Waals surface area contributed by atoms with Crippen LogP contribution < -0.4 is 5.32 Å². The van der Waals surface area contributed by atoms with Crippen molar-refractivity contribution in [1.82, 2.24) is 9.62 Å². The molecule has 1 aliphatic rings. The zero-order valence-corrected chi connectivity index (χ0v) is 13.5. The second-order valence-corrected chi connectivity index (χ2v) is 7.22. The fourth-order valence-corrected chi connectivity index (χ4v) is 4.32. The van der Waals surface area contributed by atoms with Crippen LogP contribution in [0.1, 0.15) is 19.3 Å². The summed E-state index contributed by atoms with van der Waals surface area (Å²) in [7, 11) is 0.0133.